The number of para-hydroxylation sites is 1. The molecule has 0 radical (unpaired) electrons. The number of hydrogen-bond acceptors (Lipinski definition) is 3. The Hall–Kier alpha value is -2.38. The molecule has 0 aliphatic carbocycles. The van der Waals surface area contributed by atoms with E-state index in [2.05, 4.69) is 6.07 Å². The van der Waals surface area contributed by atoms with Gasteiger partial charge in [-0.2, -0.15) is 5.26 Å². The van der Waals surface area contributed by atoms with Gasteiger partial charge in [0.05, 0.1) is 17.7 Å². The maximum absolute atomic E-state index is 14.0. The maximum Gasteiger partial charge on any atom is 0.168 e. The standard InChI is InChI=1S/C17H16FNO2/c1-10-7-13(9-19)8-11(2)16(10)21-17-14(12(3)20)5-4-6-15(17)18/h4-8,12,20H,1-3H3/t12-/m0/s1. The Morgan fingerprint density at radius 2 is 1.81 bits per heavy atom. The van der Waals surface area contributed by atoms with E-state index in [1.54, 1.807) is 39.0 Å². The van der Waals surface area contributed by atoms with Crippen molar-refractivity contribution >= 4 is 0 Å². The fraction of sp³-hybridized carbons (Fsp3) is 0.235. The number of aliphatic hydroxyl groups is 1. The molecule has 2 aromatic rings. The van der Waals surface area contributed by atoms with Crippen LogP contribution in [0.15, 0.2) is 30.3 Å². The number of nitriles is 1. The van der Waals surface area contributed by atoms with E-state index in [4.69, 9.17) is 10.00 Å². The molecule has 0 unspecified atom stereocenters. The molecule has 108 valence electrons. The Labute approximate surface area is 123 Å². The van der Waals surface area contributed by atoms with Gasteiger partial charge in [0, 0.05) is 5.56 Å². The van der Waals surface area contributed by atoms with Gasteiger partial charge in [0.2, 0.25) is 0 Å². The van der Waals surface area contributed by atoms with E-state index in [1.807, 2.05) is 0 Å². The summed E-state index contributed by atoms with van der Waals surface area (Å²) in [6, 6.07) is 9.88. The molecule has 0 bridgehead atoms. The number of hydrogen-bond donors (Lipinski definition) is 1. The summed E-state index contributed by atoms with van der Waals surface area (Å²) >= 11 is 0. The lowest BCUT2D eigenvalue weighted by Gasteiger charge is -2.17. The molecule has 0 saturated heterocycles. The van der Waals surface area contributed by atoms with Gasteiger partial charge in [-0.05, 0) is 50.1 Å². The fourth-order valence-electron chi connectivity index (χ4n) is 2.24. The summed E-state index contributed by atoms with van der Waals surface area (Å²) < 4.78 is 19.7. The van der Waals surface area contributed by atoms with Gasteiger partial charge in [-0.25, -0.2) is 4.39 Å². The van der Waals surface area contributed by atoms with Gasteiger partial charge in [0.15, 0.2) is 11.6 Å². The van der Waals surface area contributed by atoms with Crippen molar-refractivity contribution in [3.05, 3.63) is 58.4 Å². The van der Waals surface area contributed by atoms with Crippen LogP contribution in [0.5, 0.6) is 11.5 Å². The minimum Gasteiger partial charge on any atom is -0.453 e. The molecule has 1 N–H and O–H groups in total. The molecular formula is C17H16FNO2. The van der Waals surface area contributed by atoms with Crippen LogP contribution in [-0.2, 0) is 0 Å². The lowest BCUT2D eigenvalue weighted by atomic mass is 10.1. The van der Waals surface area contributed by atoms with Crippen molar-refractivity contribution in [2.75, 3.05) is 0 Å². The average Bonchev–Trinajstić information content (AvgIpc) is 2.43. The molecule has 0 aromatic heterocycles. The van der Waals surface area contributed by atoms with Crippen LogP contribution in [0.2, 0.25) is 0 Å². The first-order chi connectivity index (χ1) is 9.93. The zero-order valence-electron chi connectivity index (χ0n) is 12.1. The van der Waals surface area contributed by atoms with Crippen LogP contribution in [0.25, 0.3) is 0 Å². The normalized spacial score (nSPS) is 11.8. The van der Waals surface area contributed by atoms with Gasteiger partial charge in [-0.3, -0.25) is 0 Å². The van der Waals surface area contributed by atoms with E-state index in [-0.39, 0.29) is 5.75 Å². The van der Waals surface area contributed by atoms with E-state index in [1.165, 1.54) is 12.1 Å². The molecule has 0 heterocycles. The quantitative estimate of drug-likeness (QED) is 0.921. The monoisotopic (exact) mass is 285 g/mol. The number of halogens is 1. The predicted octanol–water partition coefficient (Wildman–Crippen LogP) is 4.16. The Morgan fingerprint density at radius 1 is 1.19 bits per heavy atom. The maximum atomic E-state index is 14.0. The van der Waals surface area contributed by atoms with Crippen molar-refractivity contribution in [3.63, 3.8) is 0 Å². The number of rotatable bonds is 3. The molecule has 0 fully saturated rings. The Balaban J connectivity index is 2.51. The zero-order chi connectivity index (χ0) is 15.6. The van der Waals surface area contributed by atoms with Gasteiger partial charge in [0.25, 0.3) is 0 Å². The number of aryl methyl sites for hydroxylation is 2. The highest BCUT2D eigenvalue weighted by Gasteiger charge is 2.17. The lowest BCUT2D eigenvalue weighted by Crippen LogP contribution is -2.01. The van der Waals surface area contributed by atoms with Crippen LogP contribution < -0.4 is 4.74 Å². The third-order valence-electron chi connectivity index (χ3n) is 3.24. The van der Waals surface area contributed by atoms with E-state index in [0.717, 1.165) is 11.1 Å². The average molecular weight is 285 g/mol. The van der Waals surface area contributed by atoms with Crippen molar-refractivity contribution in [2.45, 2.75) is 26.9 Å². The third-order valence-corrected chi connectivity index (χ3v) is 3.24. The molecule has 0 saturated carbocycles. The Morgan fingerprint density at radius 3 is 2.33 bits per heavy atom. The second-order valence-corrected chi connectivity index (χ2v) is 4.99. The summed E-state index contributed by atoms with van der Waals surface area (Å²) in [5, 5.41) is 18.7. The number of aliphatic hydroxyl groups excluding tert-OH is 1. The molecule has 0 aliphatic rings. The van der Waals surface area contributed by atoms with Crippen LogP contribution in [-0.4, -0.2) is 5.11 Å². The highest BCUT2D eigenvalue weighted by Crippen LogP contribution is 2.35. The molecule has 0 spiro atoms. The van der Waals surface area contributed by atoms with Crippen LogP contribution in [0.3, 0.4) is 0 Å². The first-order valence-corrected chi connectivity index (χ1v) is 6.59. The second-order valence-electron chi connectivity index (χ2n) is 4.99. The number of nitrogens with zero attached hydrogens (tertiary/aromatic N) is 1. The van der Waals surface area contributed by atoms with Gasteiger partial charge < -0.3 is 9.84 Å². The van der Waals surface area contributed by atoms with Crippen molar-refractivity contribution in [2.24, 2.45) is 0 Å². The van der Waals surface area contributed by atoms with E-state index in [9.17, 15) is 9.50 Å². The Bertz CT molecular complexity index is 694. The molecule has 0 aliphatic heterocycles. The summed E-state index contributed by atoms with van der Waals surface area (Å²) in [6.07, 6.45) is -0.838. The van der Waals surface area contributed by atoms with Gasteiger partial charge in [-0.1, -0.05) is 12.1 Å². The summed E-state index contributed by atoms with van der Waals surface area (Å²) in [6.45, 7) is 5.15. The summed E-state index contributed by atoms with van der Waals surface area (Å²) in [4.78, 5) is 0. The molecule has 0 amide bonds. The third kappa shape index (κ3) is 3.04. The highest BCUT2D eigenvalue weighted by molar-refractivity contribution is 5.50. The number of ether oxygens (including phenoxy) is 1. The molecule has 3 nitrogen and oxygen atoms in total. The largest absolute Gasteiger partial charge is 0.453 e. The molecule has 4 heteroatoms. The molecule has 2 rings (SSSR count). The topological polar surface area (TPSA) is 53.2 Å². The van der Waals surface area contributed by atoms with E-state index in [0.29, 0.717) is 16.9 Å². The van der Waals surface area contributed by atoms with Crippen LogP contribution in [0.1, 0.15) is 35.3 Å². The first kappa shape index (κ1) is 15.0. The van der Waals surface area contributed by atoms with Crippen molar-refractivity contribution in [1.82, 2.24) is 0 Å². The molecule has 2 aromatic carbocycles. The minimum absolute atomic E-state index is 0.0170. The first-order valence-electron chi connectivity index (χ1n) is 6.59. The molecular weight excluding hydrogens is 269 g/mol. The summed E-state index contributed by atoms with van der Waals surface area (Å²) in [5.74, 6) is -0.0130. The van der Waals surface area contributed by atoms with Crippen LogP contribution >= 0.6 is 0 Å². The van der Waals surface area contributed by atoms with Gasteiger partial charge >= 0.3 is 0 Å². The molecule has 1 atom stereocenters. The zero-order valence-corrected chi connectivity index (χ0v) is 12.1. The van der Waals surface area contributed by atoms with Crippen LogP contribution in [0.4, 0.5) is 4.39 Å². The summed E-state index contributed by atoms with van der Waals surface area (Å²) in [7, 11) is 0. The van der Waals surface area contributed by atoms with E-state index >= 15 is 0 Å². The lowest BCUT2D eigenvalue weighted by molar-refractivity contribution is 0.194. The molecule has 21 heavy (non-hydrogen) atoms. The van der Waals surface area contributed by atoms with Crippen molar-refractivity contribution in [3.8, 4) is 17.6 Å². The van der Waals surface area contributed by atoms with Crippen LogP contribution in [0, 0.1) is 31.0 Å². The highest BCUT2D eigenvalue weighted by atomic mass is 19.1. The van der Waals surface area contributed by atoms with Crippen molar-refractivity contribution < 1.29 is 14.2 Å². The second kappa shape index (κ2) is 5.94. The number of benzene rings is 2. The van der Waals surface area contributed by atoms with Gasteiger partial charge in [0.1, 0.15) is 5.75 Å². The Kier molecular flexibility index (Phi) is 4.25. The fourth-order valence-corrected chi connectivity index (χ4v) is 2.24. The van der Waals surface area contributed by atoms with E-state index < -0.39 is 11.9 Å². The SMILES string of the molecule is Cc1cc(C#N)cc(C)c1Oc1c(F)cccc1[C@H](C)O. The summed E-state index contributed by atoms with van der Waals surface area (Å²) in [5.41, 5.74) is 2.40. The predicted molar refractivity (Wildman–Crippen MR) is 77.7 cm³/mol. The van der Waals surface area contributed by atoms with Gasteiger partial charge in [-0.15, -0.1) is 0 Å². The smallest absolute Gasteiger partial charge is 0.168 e. The van der Waals surface area contributed by atoms with Crippen molar-refractivity contribution in [1.29, 1.82) is 5.26 Å². The minimum atomic E-state index is -0.838.